The van der Waals surface area contributed by atoms with Gasteiger partial charge >= 0.3 is 5.97 Å². The number of rotatable bonds is 5. The number of hydrogen-bond donors (Lipinski definition) is 1. The summed E-state index contributed by atoms with van der Waals surface area (Å²) in [5, 5.41) is 10.9. The van der Waals surface area contributed by atoms with Gasteiger partial charge in [0, 0.05) is 36.8 Å². The van der Waals surface area contributed by atoms with Crippen molar-refractivity contribution in [2.45, 2.75) is 32.1 Å². The fraction of sp³-hybridized carbons (Fsp3) is 0.231. The van der Waals surface area contributed by atoms with Gasteiger partial charge in [-0.25, -0.2) is 4.79 Å². The van der Waals surface area contributed by atoms with Gasteiger partial charge in [-0.15, -0.1) is 0 Å². The van der Waals surface area contributed by atoms with Crippen LogP contribution in [0.25, 0.3) is 22.0 Å². The van der Waals surface area contributed by atoms with Crippen LogP contribution < -0.4 is 0 Å². The van der Waals surface area contributed by atoms with Gasteiger partial charge in [-0.1, -0.05) is 29.8 Å². The molecule has 0 amide bonds. The van der Waals surface area contributed by atoms with Crippen molar-refractivity contribution in [3.63, 3.8) is 0 Å². The third-order valence-electron chi connectivity index (χ3n) is 6.00. The monoisotopic (exact) mass is 396 g/mol. The molecule has 4 aromatic rings. The molecule has 0 saturated heterocycles. The van der Waals surface area contributed by atoms with Gasteiger partial charge in [-0.05, 0) is 66.6 Å². The number of pyridine rings is 1. The summed E-state index contributed by atoms with van der Waals surface area (Å²) in [6.07, 6.45) is 6.69. The lowest BCUT2D eigenvalue weighted by molar-refractivity contribution is 0.0695. The lowest BCUT2D eigenvalue weighted by Gasteiger charge is -2.12. The SMILES string of the molecule is Cc1cccc(-c2cc(Cc3ncc(C4CC4)cc3C(=O)O)cc3ccn(C)c23)c1. The molecule has 0 unspecified atom stereocenters. The van der Waals surface area contributed by atoms with Crippen LogP contribution in [0.1, 0.15) is 51.5 Å². The van der Waals surface area contributed by atoms with Gasteiger partial charge in [0.15, 0.2) is 0 Å². The second kappa shape index (κ2) is 7.13. The first-order valence-corrected chi connectivity index (χ1v) is 10.4. The van der Waals surface area contributed by atoms with Crippen LogP contribution in [0.3, 0.4) is 0 Å². The Morgan fingerprint density at radius 3 is 2.73 bits per heavy atom. The first-order chi connectivity index (χ1) is 14.5. The van der Waals surface area contributed by atoms with Crippen LogP contribution in [0.15, 0.2) is 60.9 Å². The largest absolute Gasteiger partial charge is 0.478 e. The Morgan fingerprint density at radius 1 is 1.17 bits per heavy atom. The highest BCUT2D eigenvalue weighted by Gasteiger charge is 2.26. The number of aromatic nitrogens is 2. The van der Waals surface area contributed by atoms with Crippen molar-refractivity contribution in [2.75, 3.05) is 0 Å². The summed E-state index contributed by atoms with van der Waals surface area (Å²) in [5.41, 5.74) is 7.78. The zero-order chi connectivity index (χ0) is 20.8. The van der Waals surface area contributed by atoms with Gasteiger partial charge in [0.2, 0.25) is 0 Å². The van der Waals surface area contributed by atoms with Gasteiger partial charge < -0.3 is 9.67 Å². The topological polar surface area (TPSA) is 55.1 Å². The first-order valence-electron chi connectivity index (χ1n) is 10.4. The Balaban J connectivity index is 1.61. The van der Waals surface area contributed by atoms with Crippen molar-refractivity contribution >= 4 is 16.9 Å². The van der Waals surface area contributed by atoms with E-state index in [1.54, 1.807) is 0 Å². The summed E-state index contributed by atoms with van der Waals surface area (Å²) >= 11 is 0. The van der Waals surface area contributed by atoms with Gasteiger partial charge in [0.1, 0.15) is 0 Å². The fourth-order valence-corrected chi connectivity index (χ4v) is 4.31. The summed E-state index contributed by atoms with van der Waals surface area (Å²) in [7, 11) is 2.06. The van der Waals surface area contributed by atoms with Crippen molar-refractivity contribution < 1.29 is 9.90 Å². The van der Waals surface area contributed by atoms with Gasteiger partial charge in [0.25, 0.3) is 0 Å². The third-order valence-corrected chi connectivity index (χ3v) is 6.00. The summed E-state index contributed by atoms with van der Waals surface area (Å²) in [4.78, 5) is 16.5. The van der Waals surface area contributed by atoms with Crippen molar-refractivity contribution in [3.05, 3.63) is 88.9 Å². The van der Waals surface area contributed by atoms with Crippen LogP contribution in [0.4, 0.5) is 0 Å². The molecule has 1 aliphatic rings. The van der Waals surface area contributed by atoms with Crippen LogP contribution in [-0.2, 0) is 13.5 Å². The minimum atomic E-state index is -0.903. The fourth-order valence-electron chi connectivity index (χ4n) is 4.31. The molecule has 30 heavy (non-hydrogen) atoms. The average Bonchev–Trinajstić information content (AvgIpc) is 3.51. The Labute approximate surface area is 175 Å². The standard InChI is InChI=1S/C26H24N2O2/c1-16-4-3-5-19(10-16)22-12-17(11-20-8-9-28(2)25(20)22)13-24-23(26(29)30)14-21(15-27-24)18-6-7-18/h3-5,8-12,14-15,18H,6-7,13H2,1-2H3,(H,29,30). The molecule has 5 rings (SSSR count). The normalized spacial score (nSPS) is 13.7. The van der Waals surface area contributed by atoms with E-state index >= 15 is 0 Å². The number of carboxylic acid groups (broad SMARTS) is 1. The second-order valence-electron chi connectivity index (χ2n) is 8.40. The minimum absolute atomic E-state index is 0.324. The lowest BCUT2D eigenvalue weighted by atomic mass is 9.95. The van der Waals surface area contributed by atoms with E-state index in [-0.39, 0.29) is 0 Å². The van der Waals surface area contributed by atoms with Crippen molar-refractivity contribution in [1.29, 1.82) is 0 Å². The molecule has 1 fully saturated rings. The predicted octanol–water partition coefficient (Wildman–Crippen LogP) is 5.72. The van der Waals surface area contributed by atoms with Crippen LogP contribution in [0.2, 0.25) is 0 Å². The highest BCUT2D eigenvalue weighted by atomic mass is 16.4. The number of fused-ring (bicyclic) bond motifs is 1. The molecule has 0 aliphatic heterocycles. The summed E-state index contributed by atoms with van der Waals surface area (Å²) in [6, 6.07) is 16.8. The molecule has 4 heteroatoms. The van der Waals surface area contributed by atoms with E-state index < -0.39 is 5.97 Å². The van der Waals surface area contributed by atoms with Crippen LogP contribution in [0, 0.1) is 6.92 Å². The minimum Gasteiger partial charge on any atom is -0.478 e. The Morgan fingerprint density at radius 2 is 2.00 bits per heavy atom. The number of nitrogens with zero attached hydrogens (tertiary/aromatic N) is 2. The average molecular weight is 396 g/mol. The number of carbonyl (C=O) groups is 1. The Bertz CT molecular complexity index is 1280. The molecule has 4 nitrogen and oxygen atoms in total. The molecule has 0 bridgehead atoms. The first kappa shape index (κ1) is 18.6. The maximum absolute atomic E-state index is 11.9. The van der Waals surface area contributed by atoms with E-state index in [0.717, 1.165) is 34.9 Å². The number of aromatic carboxylic acids is 1. The van der Waals surface area contributed by atoms with Gasteiger partial charge in [-0.3, -0.25) is 4.98 Å². The predicted molar refractivity (Wildman–Crippen MR) is 119 cm³/mol. The molecule has 1 saturated carbocycles. The molecule has 0 atom stereocenters. The van der Waals surface area contributed by atoms with Gasteiger partial charge in [0.05, 0.1) is 16.8 Å². The molecular weight excluding hydrogens is 372 g/mol. The maximum atomic E-state index is 11.9. The van der Waals surface area contributed by atoms with E-state index in [4.69, 9.17) is 0 Å². The van der Waals surface area contributed by atoms with Crippen molar-refractivity contribution in [2.24, 2.45) is 7.05 Å². The van der Waals surface area contributed by atoms with Crippen LogP contribution in [0.5, 0.6) is 0 Å². The quantitative estimate of drug-likeness (QED) is 0.470. The molecule has 0 spiro atoms. The molecule has 150 valence electrons. The Hall–Kier alpha value is -3.40. The second-order valence-corrected chi connectivity index (χ2v) is 8.40. The van der Waals surface area contributed by atoms with E-state index in [0.29, 0.717) is 23.6 Å². The van der Waals surface area contributed by atoms with Crippen molar-refractivity contribution in [1.82, 2.24) is 9.55 Å². The van der Waals surface area contributed by atoms with Gasteiger partial charge in [-0.2, -0.15) is 0 Å². The van der Waals surface area contributed by atoms with E-state index in [2.05, 4.69) is 72.2 Å². The number of hydrogen-bond acceptors (Lipinski definition) is 2. The summed E-state index contributed by atoms with van der Waals surface area (Å²) in [6.45, 7) is 2.10. The maximum Gasteiger partial charge on any atom is 0.337 e. The summed E-state index contributed by atoms with van der Waals surface area (Å²) < 4.78 is 2.14. The number of carboxylic acids is 1. The van der Waals surface area contributed by atoms with E-state index in [1.807, 2.05) is 12.3 Å². The zero-order valence-electron chi connectivity index (χ0n) is 17.2. The van der Waals surface area contributed by atoms with Crippen LogP contribution in [-0.4, -0.2) is 20.6 Å². The molecule has 1 N–H and O–H groups in total. The summed E-state index contributed by atoms with van der Waals surface area (Å²) in [5.74, 6) is -0.419. The van der Waals surface area contributed by atoms with Crippen molar-refractivity contribution in [3.8, 4) is 11.1 Å². The lowest BCUT2D eigenvalue weighted by Crippen LogP contribution is -2.07. The number of aryl methyl sites for hydroxylation is 2. The molecular formula is C26H24N2O2. The third kappa shape index (κ3) is 3.39. The highest BCUT2D eigenvalue weighted by molar-refractivity contribution is 5.96. The molecule has 2 aromatic carbocycles. The van der Waals surface area contributed by atoms with E-state index in [9.17, 15) is 9.90 Å². The number of benzene rings is 2. The molecule has 0 radical (unpaired) electrons. The smallest absolute Gasteiger partial charge is 0.337 e. The zero-order valence-corrected chi connectivity index (χ0v) is 17.2. The molecule has 2 heterocycles. The molecule has 1 aliphatic carbocycles. The highest BCUT2D eigenvalue weighted by Crippen LogP contribution is 2.40. The Kier molecular flexibility index (Phi) is 4.43. The molecule has 2 aromatic heterocycles. The van der Waals surface area contributed by atoms with E-state index in [1.165, 1.54) is 16.6 Å². The van der Waals surface area contributed by atoms with Crippen LogP contribution >= 0.6 is 0 Å².